The van der Waals surface area contributed by atoms with Crippen LogP contribution in [0.15, 0.2) is 24.3 Å². The quantitative estimate of drug-likeness (QED) is 0.779. The van der Waals surface area contributed by atoms with Crippen molar-refractivity contribution in [3.63, 3.8) is 0 Å². The van der Waals surface area contributed by atoms with E-state index in [0.717, 1.165) is 24.9 Å². The van der Waals surface area contributed by atoms with Gasteiger partial charge in [-0.25, -0.2) is 4.39 Å². The first-order chi connectivity index (χ1) is 7.63. The van der Waals surface area contributed by atoms with Crippen LogP contribution in [0.25, 0.3) is 0 Å². The molecule has 0 spiro atoms. The molecule has 0 heterocycles. The highest BCUT2D eigenvalue weighted by molar-refractivity contribution is 5.16. The second-order valence-electron chi connectivity index (χ2n) is 4.59. The molecule has 90 valence electrons. The molecule has 0 aliphatic carbocycles. The molecule has 0 aliphatic heterocycles. The average Bonchev–Trinajstić information content (AvgIpc) is 2.24. The zero-order valence-corrected chi connectivity index (χ0v) is 10.5. The normalized spacial score (nSPS) is 13.1. The summed E-state index contributed by atoms with van der Waals surface area (Å²) in [5, 5.41) is 3.51. The van der Waals surface area contributed by atoms with Crippen LogP contribution in [-0.4, -0.2) is 12.6 Å². The van der Waals surface area contributed by atoms with Gasteiger partial charge in [0.2, 0.25) is 0 Å². The van der Waals surface area contributed by atoms with Crippen LogP contribution in [-0.2, 0) is 6.42 Å². The lowest BCUT2D eigenvalue weighted by molar-refractivity contribution is 0.391. The van der Waals surface area contributed by atoms with Gasteiger partial charge < -0.3 is 5.32 Å². The number of hydrogen-bond donors (Lipinski definition) is 1. The Hall–Kier alpha value is -0.890. The number of hydrogen-bond acceptors (Lipinski definition) is 1. The van der Waals surface area contributed by atoms with Crippen LogP contribution in [0.3, 0.4) is 0 Å². The van der Waals surface area contributed by atoms with E-state index in [1.165, 1.54) is 6.07 Å². The van der Waals surface area contributed by atoms with E-state index in [1.54, 1.807) is 12.1 Å². The van der Waals surface area contributed by atoms with E-state index >= 15 is 0 Å². The van der Waals surface area contributed by atoms with Crippen molar-refractivity contribution in [2.24, 2.45) is 5.92 Å². The van der Waals surface area contributed by atoms with Crippen molar-refractivity contribution in [2.75, 3.05) is 6.54 Å². The number of halogens is 1. The maximum atomic E-state index is 12.9. The molecule has 1 N–H and O–H groups in total. The number of nitrogens with one attached hydrogen (secondary N) is 1. The molecule has 1 atom stereocenters. The highest BCUT2D eigenvalue weighted by Crippen LogP contribution is 2.07. The van der Waals surface area contributed by atoms with Gasteiger partial charge in [-0.1, -0.05) is 32.9 Å². The van der Waals surface area contributed by atoms with Gasteiger partial charge in [0.1, 0.15) is 5.82 Å². The first-order valence-corrected chi connectivity index (χ1v) is 6.11. The summed E-state index contributed by atoms with van der Waals surface area (Å²) in [5.41, 5.74) is 1.06. The van der Waals surface area contributed by atoms with Crippen molar-refractivity contribution in [2.45, 2.75) is 39.7 Å². The summed E-state index contributed by atoms with van der Waals surface area (Å²) >= 11 is 0. The Morgan fingerprint density at radius 1 is 1.31 bits per heavy atom. The lowest BCUT2D eigenvalue weighted by atomic mass is 10.0. The van der Waals surface area contributed by atoms with E-state index < -0.39 is 0 Å². The predicted molar refractivity (Wildman–Crippen MR) is 67.0 cm³/mol. The highest BCUT2D eigenvalue weighted by Gasteiger charge is 2.09. The third-order valence-electron chi connectivity index (χ3n) is 2.95. The maximum absolute atomic E-state index is 12.9. The van der Waals surface area contributed by atoms with Gasteiger partial charge in [-0.15, -0.1) is 0 Å². The molecule has 0 aliphatic rings. The van der Waals surface area contributed by atoms with Crippen molar-refractivity contribution in [3.8, 4) is 0 Å². The molecule has 0 saturated carbocycles. The van der Waals surface area contributed by atoms with Crippen LogP contribution in [0.2, 0.25) is 0 Å². The second kappa shape index (κ2) is 6.64. The Balaban J connectivity index is 2.35. The van der Waals surface area contributed by atoms with Crippen LogP contribution in [0, 0.1) is 11.7 Å². The molecule has 0 fully saturated rings. The van der Waals surface area contributed by atoms with E-state index in [0.29, 0.717) is 12.0 Å². The van der Waals surface area contributed by atoms with Crippen molar-refractivity contribution in [1.82, 2.24) is 5.32 Å². The monoisotopic (exact) mass is 223 g/mol. The van der Waals surface area contributed by atoms with Crippen LogP contribution in [0.5, 0.6) is 0 Å². The van der Waals surface area contributed by atoms with Gasteiger partial charge in [0.15, 0.2) is 0 Å². The van der Waals surface area contributed by atoms with Gasteiger partial charge in [0.25, 0.3) is 0 Å². The SMILES string of the molecule is CCC(NCCc1cccc(F)c1)C(C)C. The third-order valence-corrected chi connectivity index (χ3v) is 2.95. The topological polar surface area (TPSA) is 12.0 Å². The molecule has 1 unspecified atom stereocenters. The van der Waals surface area contributed by atoms with Crippen molar-refractivity contribution in [3.05, 3.63) is 35.6 Å². The summed E-state index contributed by atoms with van der Waals surface area (Å²) in [6.45, 7) is 7.56. The van der Waals surface area contributed by atoms with Crippen molar-refractivity contribution in [1.29, 1.82) is 0 Å². The van der Waals surface area contributed by atoms with E-state index in [1.807, 2.05) is 6.07 Å². The number of rotatable bonds is 6. The molecule has 1 aromatic rings. The Kier molecular flexibility index (Phi) is 5.47. The average molecular weight is 223 g/mol. The summed E-state index contributed by atoms with van der Waals surface area (Å²) < 4.78 is 12.9. The number of benzene rings is 1. The summed E-state index contributed by atoms with van der Waals surface area (Å²) in [6, 6.07) is 7.40. The molecule has 0 aromatic heterocycles. The molecule has 0 radical (unpaired) electrons. The summed E-state index contributed by atoms with van der Waals surface area (Å²) in [7, 11) is 0. The predicted octanol–water partition coefficient (Wildman–Crippen LogP) is 3.39. The zero-order valence-electron chi connectivity index (χ0n) is 10.5. The lowest BCUT2D eigenvalue weighted by Crippen LogP contribution is -2.34. The Morgan fingerprint density at radius 2 is 2.06 bits per heavy atom. The van der Waals surface area contributed by atoms with E-state index in [9.17, 15) is 4.39 Å². The molecule has 1 aromatic carbocycles. The largest absolute Gasteiger partial charge is 0.313 e. The summed E-state index contributed by atoms with van der Waals surface area (Å²) in [5.74, 6) is 0.505. The fourth-order valence-corrected chi connectivity index (χ4v) is 1.95. The molecule has 0 bridgehead atoms. The highest BCUT2D eigenvalue weighted by atomic mass is 19.1. The smallest absolute Gasteiger partial charge is 0.123 e. The molecule has 1 nitrogen and oxygen atoms in total. The van der Waals surface area contributed by atoms with E-state index in [2.05, 4.69) is 26.1 Å². The van der Waals surface area contributed by atoms with Gasteiger partial charge in [-0.3, -0.25) is 0 Å². The first kappa shape index (κ1) is 13.2. The molecule has 0 saturated heterocycles. The maximum Gasteiger partial charge on any atom is 0.123 e. The van der Waals surface area contributed by atoms with Gasteiger partial charge in [0, 0.05) is 6.04 Å². The van der Waals surface area contributed by atoms with Crippen molar-refractivity contribution < 1.29 is 4.39 Å². The van der Waals surface area contributed by atoms with E-state index in [-0.39, 0.29) is 5.82 Å². The van der Waals surface area contributed by atoms with Crippen LogP contribution in [0.1, 0.15) is 32.8 Å². The lowest BCUT2D eigenvalue weighted by Gasteiger charge is -2.20. The zero-order chi connectivity index (χ0) is 12.0. The molecule has 1 rings (SSSR count). The summed E-state index contributed by atoms with van der Waals surface area (Å²) in [6.07, 6.45) is 2.03. The Bertz CT molecular complexity index is 309. The standard InChI is InChI=1S/C14H22FN/c1-4-14(11(2)3)16-9-8-12-6-5-7-13(15)10-12/h5-7,10-11,14,16H,4,8-9H2,1-3H3. The van der Waals surface area contributed by atoms with Gasteiger partial charge >= 0.3 is 0 Å². The fraction of sp³-hybridized carbons (Fsp3) is 0.571. The minimum Gasteiger partial charge on any atom is -0.313 e. The van der Waals surface area contributed by atoms with Crippen LogP contribution < -0.4 is 5.32 Å². The molecule has 0 amide bonds. The molecule has 2 heteroatoms. The van der Waals surface area contributed by atoms with Gasteiger partial charge in [0.05, 0.1) is 0 Å². The van der Waals surface area contributed by atoms with Gasteiger partial charge in [-0.2, -0.15) is 0 Å². The molecule has 16 heavy (non-hydrogen) atoms. The minimum atomic E-state index is -0.145. The molecular weight excluding hydrogens is 201 g/mol. The second-order valence-corrected chi connectivity index (χ2v) is 4.59. The minimum absolute atomic E-state index is 0.145. The molecular formula is C14H22FN. The van der Waals surface area contributed by atoms with Gasteiger partial charge in [-0.05, 0) is 43.0 Å². The van der Waals surface area contributed by atoms with Crippen LogP contribution >= 0.6 is 0 Å². The van der Waals surface area contributed by atoms with E-state index in [4.69, 9.17) is 0 Å². The Labute approximate surface area is 98.1 Å². The summed E-state index contributed by atoms with van der Waals surface area (Å²) in [4.78, 5) is 0. The van der Waals surface area contributed by atoms with Crippen LogP contribution in [0.4, 0.5) is 4.39 Å². The van der Waals surface area contributed by atoms with Crippen molar-refractivity contribution >= 4 is 0 Å². The third kappa shape index (κ3) is 4.31. The fourth-order valence-electron chi connectivity index (χ4n) is 1.95. The Morgan fingerprint density at radius 3 is 2.62 bits per heavy atom. The first-order valence-electron chi connectivity index (χ1n) is 6.11.